The third kappa shape index (κ3) is 5.16. The zero-order valence-corrected chi connectivity index (χ0v) is 17.2. The molecule has 0 N–H and O–H groups in total. The Morgan fingerprint density at radius 1 is 1.04 bits per heavy atom. The first-order valence-corrected chi connectivity index (χ1v) is 10.4. The van der Waals surface area contributed by atoms with Gasteiger partial charge in [0.05, 0.1) is 0 Å². The lowest BCUT2D eigenvalue weighted by atomic mass is 10.1. The molecule has 0 aliphatic heterocycles. The normalized spacial score (nSPS) is 11.6. The van der Waals surface area contributed by atoms with E-state index in [4.69, 9.17) is 0 Å². The van der Waals surface area contributed by atoms with Crippen molar-refractivity contribution in [2.24, 2.45) is 4.99 Å². The average Bonchev–Trinajstić information content (AvgIpc) is 2.69. The number of aryl methyl sites for hydroxylation is 2. The van der Waals surface area contributed by atoms with Crippen molar-refractivity contribution in [1.29, 1.82) is 0 Å². The number of carbonyl (C=O) groups excluding carboxylic acids is 1. The van der Waals surface area contributed by atoms with Gasteiger partial charge in [0, 0.05) is 30.6 Å². The van der Waals surface area contributed by atoms with Gasteiger partial charge in [0.25, 0.3) is 0 Å². The van der Waals surface area contributed by atoms with E-state index in [0.717, 1.165) is 22.1 Å². The zero-order chi connectivity index (χ0) is 19.9. The quantitative estimate of drug-likeness (QED) is 0.474. The van der Waals surface area contributed by atoms with Crippen LogP contribution in [0.5, 0.6) is 0 Å². The summed E-state index contributed by atoms with van der Waals surface area (Å²) in [5.74, 6) is -0.138. The fourth-order valence-corrected chi connectivity index (χ4v) is 3.52. The molecule has 1 aromatic carbocycles. The number of nitrogens with zero attached hydrogens (tertiary/aromatic N) is 4. The summed E-state index contributed by atoms with van der Waals surface area (Å²) in [6.45, 7) is 4.61. The molecule has 0 spiro atoms. The van der Waals surface area contributed by atoms with E-state index in [0.29, 0.717) is 24.9 Å². The molecule has 3 rings (SSSR count). The molecule has 1 amide bonds. The van der Waals surface area contributed by atoms with Crippen LogP contribution in [0.15, 0.2) is 64.9 Å². The van der Waals surface area contributed by atoms with Gasteiger partial charge in [-0.2, -0.15) is 4.99 Å². The molecule has 144 valence electrons. The van der Waals surface area contributed by atoms with Crippen molar-refractivity contribution in [2.75, 3.05) is 6.26 Å². The van der Waals surface area contributed by atoms with Crippen molar-refractivity contribution in [3.05, 3.63) is 82.7 Å². The summed E-state index contributed by atoms with van der Waals surface area (Å²) in [5, 5.41) is 0.765. The van der Waals surface area contributed by atoms with Gasteiger partial charge in [-0.3, -0.25) is 4.79 Å². The molecule has 0 unspecified atom stereocenters. The van der Waals surface area contributed by atoms with Crippen LogP contribution in [-0.2, 0) is 17.8 Å². The minimum atomic E-state index is -0.138. The highest BCUT2D eigenvalue weighted by atomic mass is 32.2. The molecule has 28 heavy (non-hydrogen) atoms. The first kappa shape index (κ1) is 20.0. The summed E-state index contributed by atoms with van der Waals surface area (Å²) >= 11 is 1.52. The minimum absolute atomic E-state index is 0.138. The number of carbonyl (C=O) groups is 1. The predicted molar refractivity (Wildman–Crippen MR) is 112 cm³/mol. The second-order valence-electron chi connectivity index (χ2n) is 6.54. The van der Waals surface area contributed by atoms with Gasteiger partial charge in [0.1, 0.15) is 5.49 Å². The topological polar surface area (TPSA) is 60.1 Å². The van der Waals surface area contributed by atoms with Crippen LogP contribution >= 0.6 is 11.8 Å². The zero-order valence-electron chi connectivity index (χ0n) is 16.4. The smallest absolute Gasteiger partial charge is 0.247 e. The fourth-order valence-electron chi connectivity index (χ4n) is 3.06. The Morgan fingerprint density at radius 3 is 2.39 bits per heavy atom. The number of rotatable bonds is 6. The number of thioether (sulfide) groups is 1. The summed E-state index contributed by atoms with van der Waals surface area (Å²) in [6, 6.07) is 15.9. The van der Waals surface area contributed by atoms with Crippen molar-refractivity contribution in [3.63, 3.8) is 0 Å². The van der Waals surface area contributed by atoms with Crippen LogP contribution in [0.4, 0.5) is 0 Å². The van der Waals surface area contributed by atoms with E-state index in [-0.39, 0.29) is 5.91 Å². The molecule has 0 saturated carbocycles. The molecule has 0 atom stereocenters. The molecule has 0 saturated heterocycles. The number of amides is 1. The van der Waals surface area contributed by atoms with Gasteiger partial charge >= 0.3 is 0 Å². The third-order valence-electron chi connectivity index (χ3n) is 4.52. The van der Waals surface area contributed by atoms with Gasteiger partial charge in [0.2, 0.25) is 5.91 Å². The van der Waals surface area contributed by atoms with Crippen molar-refractivity contribution >= 4 is 17.7 Å². The number of pyridine rings is 1. The molecule has 0 fully saturated rings. The largest absolute Gasteiger partial charge is 0.329 e. The van der Waals surface area contributed by atoms with Gasteiger partial charge in [-0.15, -0.1) is 0 Å². The molecular formula is C22H24N4OS. The van der Waals surface area contributed by atoms with Gasteiger partial charge in [-0.05, 0) is 49.8 Å². The van der Waals surface area contributed by atoms with Crippen LogP contribution in [0.1, 0.15) is 28.9 Å². The van der Waals surface area contributed by atoms with Gasteiger partial charge < -0.3 is 4.57 Å². The number of hydrogen-bond donors (Lipinski definition) is 0. The minimum Gasteiger partial charge on any atom is -0.329 e. The maximum Gasteiger partial charge on any atom is 0.247 e. The molecule has 2 aromatic heterocycles. The maximum absolute atomic E-state index is 12.5. The lowest BCUT2D eigenvalue weighted by molar-refractivity contribution is -0.118. The van der Waals surface area contributed by atoms with E-state index in [9.17, 15) is 4.79 Å². The number of benzene rings is 1. The van der Waals surface area contributed by atoms with E-state index in [1.54, 1.807) is 0 Å². The highest BCUT2D eigenvalue weighted by Crippen LogP contribution is 2.17. The summed E-state index contributed by atoms with van der Waals surface area (Å²) < 4.78 is 1.99. The lowest BCUT2D eigenvalue weighted by Gasteiger charge is -2.09. The van der Waals surface area contributed by atoms with E-state index in [2.05, 4.69) is 27.1 Å². The molecule has 3 aromatic rings. The molecule has 2 heterocycles. The third-order valence-corrected chi connectivity index (χ3v) is 5.07. The highest BCUT2D eigenvalue weighted by molar-refractivity contribution is 7.98. The Hall–Kier alpha value is -2.73. The van der Waals surface area contributed by atoms with E-state index in [1.807, 2.05) is 67.3 Å². The van der Waals surface area contributed by atoms with Gasteiger partial charge in [-0.1, -0.05) is 48.2 Å². The summed E-state index contributed by atoms with van der Waals surface area (Å²) in [6.07, 6.45) is 4.84. The van der Waals surface area contributed by atoms with Crippen molar-refractivity contribution in [1.82, 2.24) is 14.5 Å². The molecule has 5 nitrogen and oxygen atoms in total. The second kappa shape index (κ2) is 9.46. The van der Waals surface area contributed by atoms with Crippen molar-refractivity contribution in [2.45, 2.75) is 38.4 Å². The van der Waals surface area contributed by atoms with Gasteiger partial charge in [-0.25, -0.2) is 9.97 Å². The Bertz CT molecular complexity index is 1000. The van der Waals surface area contributed by atoms with Crippen LogP contribution in [0.25, 0.3) is 0 Å². The lowest BCUT2D eigenvalue weighted by Crippen LogP contribution is -2.22. The van der Waals surface area contributed by atoms with Crippen molar-refractivity contribution in [3.8, 4) is 0 Å². The second-order valence-corrected chi connectivity index (χ2v) is 7.31. The first-order valence-electron chi connectivity index (χ1n) is 9.22. The maximum atomic E-state index is 12.5. The Kier molecular flexibility index (Phi) is 6.76. The van der Waals surface area contributed by atoms with E-state index >= 15 is 0 Å². The number of aromatic nitrogens is 3. The molecule has 6 heteroatoms. The number of hydrogen-bond acceptors (Lipinski definition) is 4. The molecule has 0 aliphatic carbocycles. The van der Waals surface area contributed by atoms with Crippen LogP contribution < -0.4 is 5.49 Å². The fraction of sp³-hybridized carbons (Fsp3) is 0.273. The van der Waals surface area contributed by atoms with Crippen molar-refractivity contribution < 1.29 is 4.79 Å². The molecule has 0 radical (unpaired) electrons. The standard InChI is InChI=1S/C22H24N4OS/c1-16-19(17(2)24-22(23-16)28-3)12-13-21(27)25-20-11-7-8-14-26(20)15-18-9-5-4-6-10-18/h4-11,14H,12-13,15H2,1-3H3. The van der Waals surface area contributed by atoms with E-state index in [1.165, 1.54) is 17.3 Å². The molecular weight excluding hydrogens is 368 g/mol. The van der Waals surface area contributed by atoms with Gasteiger partial charge in [0.15, 0.2) is 5.16 Å². The molecule has 0 aliphatic rings. The Labute approximate surface area is 169 Å². The van der Waals surface area contributed by atoms with Crippen LogP contribution in [0, 0.1) is 13.8 Å². The Morgan fingerprint density at radius 2 is 1.71 bits per heavy atom. The summed E-state index contributed by atoms with van der Waals surface area (Å²) in [5.41, 5.74) is 4.73. The van der Waals surface area contributed by atoms with Crippen LogP contribution in [-0.4, -0.2) is 26.7 Å². The van der Waals surface area contributed by atoms with E-state index < -0.39 is 0 Å². The highest BCUT2D eigenvalue weighted by Gasteiger charge is 2.10. The van der Waals surface area contributed by atoms with Crippen LogP contribution in [0.2, 0.25) is 0 Å². The Balaban J connectivity index is 1.75. The first-order chi connectivity index (χ1) is 13.6. The summed E-state index contributed by atoms with van der Waals surface area (Å²) in [7, 11) is 0. The van der Waals surface area contributed by atoms with Crippen LogP contribution in [0.3, 0.4) is 0 Å². The summed E-state index contributed by atoms with van der Waals surface area (Å²) in [4.78, 5) is 25.8. The molecule has 0 bridgehead atoms. The SMILES string of the molecule is CSc1nc(C)c(CCC(=O)N=c2ccccn2Cc2ccccc2)c(C)n1. The predicted octanol–water partition coefficient (Wildman–Crippen LogP) is 3.73. The average molecular weight is 393 g/mol. The monoisotopic (exact) mass is 392 g/mol.